The SMILES string of the molecule is CCNC(=NCc1ccc(CN2CCOCC2)cc1)NC1CCN(Cc2ccccc2)CC1.I. The van der Waals surface area contributed by atoms with Gasteiger partial charge in [-0.25, -0.2) is 4.99 Å². The van der Waals surface area contributed by atoms with Crippen molar-refractivity contribution < 1.29 is 4.74 Å². The number of halogens is 1. The molecule has 2 aromatic rings. The highest BCUT2D eigenvalue weighted by Crippen LogP contribution is 2.14. The van der Waals surface area contributed by atoms with Crippen LogP contribution in [0.3, 0.4) is 0 Å². The van der Waals surface area contributed by atoms with Gasteiger partial charge in [-0.3, -0.25) is 9.80 Å². The second-order valence-corrected chi connectivity index (χ2v) is 9.08. The fourth-order valence-corrected chi connectivity index (χ4v) is 4.53. The van der Waals surface area contributed by atoms with E-state index >= 15 is 0 Å². The van der Waals surface area contributed by atoms with E-state index in [4.69, 9.17) is 9.73 Å². The molecule has 2 saturated heterocycles. The average Bonchev–Trinajstić information content (AvgIpc) is 2.86. The molecule has 0 amide bonds. The number of rotatable bonds is 8. The molecule has 2 fully saturated rings. The van der Waals surface area contributed by atoms with E-state index in [0.717, 1.165) is 77.8 Å². The fourth-order valence-electron chi connectivity index (χ4n) is 4.53. The largest absolute Gasteiger partial charge is 0.379 e. The minimum Gasteiger partial charge on any atom is -0.379 e. The van der Waals surface area contributed by atoms with Gasteiger partial charge in [0.15, 0.2) is 5.96 Å². The summed E-state index contributed by atoms with van der Waals surface area (Å²) >= 11 is 0. The lowest BCUT2D eigenvalue weighted by Crippen LogP contribution is -2.48. The molecule has 0 aromatic heterocycles. The summed E-state index contributed by atoms with van der Waals surface area (Å²) < 4.78 is 5.44. The van der Waals surface area contributed by atoms with Crippen LogP contribution in [0.25, 0.3) is 0 Å². The first-order valence-electron chi connectivity index (χ1n) is 12.5. The molecule has 0 radical (unpaired) electrons. The van der Waals surface area contributed by atoms with Gasteiger partial charge in [0.25, 0.3) is 0 Å². The van der Waals surface area contributed by atoms with Crippen molar-refractivity contribution in [3.63, 3.8) is 0 Å². The number of guanidine groups is 1. The maximum Gasteiger partial charge on any atom is 0.191 e. The standard InChI is InChI=1S/C27H39N5O.HI/c1-2-28-27(30-26-12-14-31(15-13-26)21-24-6-4-3-5-7-24)29-20-23-8-10-25(11-9-23)22-32-16-18-33-19-17-32;/h3-11,26H,2,12-22H2,1H3,(H2,28,29,30);1H. The van der Waals surface area contributed by atoms with E-state index in [0.29, 0.717) is 12.6 Å². The maximum absolute atomic E-state index is 5.44. The fraction of sp³-hybridized carbons (Fsp3) is 0.519. The molecule has 2 aliphatic rings. The van der Waals surface area contributed by atoms with Crippen molar-refractivity contribution in [2.75, 3.05) is 45.9 Å². The first-order chi connectivity index (χ1) is 16.3. The summed E-state index contributed by atoms with van der Waals surface area (Å²) in [7, 11) is 0. The molecular formula is C27H40IN5O. The Hall–Kier alpha value is -1.68. The molecule has 34 heavy (non-hydrogen) atoms. The second kappa shape index (κ2) is 14.7. The lowest BCUT2D eigenvalue weighted by molar-refractivity contribution is 0.0342. The van der Waals surface area contributed by atoms with E-state index < -0.39 is 0 Å². The van der Waals surface area contributed by atoms with Gasteiger partial charge in [-0.15, -0.1) is 24.0 Å². The summed E-state index contributed by atoms with van der Waals surface area (Å²) in [4.78, 5) is 9.87. The number of nitrogens with one attached hydrogen (secondary N) is 2. The van der Waals surface area contributed by atoms with E-state index in [9.17, 15) is 0 Å². The molecule has 0 spiro atoms. The van der Waals surface area contributed by atoms with Crippen molar-refractivity contribution in [2.24, 2.45) is 4.99 Å². The quantitative estimate of drug-likeness (QED) is 0.284. The molecular weight excluding hydrogens is 537 g/mol. The number of nitrogens with zero attached hydrogens (tertiary/aromatic N) is 3. The molecule has 2 N–H and O–H groups in total. The Labute approximate surface area is 222 Å². The maximum atomic E-state index is 5.44. The third-order valence-corrected chi connectivity index (χ3v) is 6.47. The number of ether oxygens (including phenoxy) is 1. The van der Waals surface area contributed by atoms with Crippen LogP contribution >= 0.6 is 24.0 Å². The van der Waals surface area contributed by atoms with E-state index in [2.05, 4.69) is 82.0 Å². The molecule has 0 atom stereocenters. The normalized spacial score (nSPS) is 18.3. The number of piperidine rings is 1. The molecule has 7 heteroatoms. The summed E-state index contributed by atoms with van der Waals surface area (Å²) in [5.74, 6) is 0.927. The van der Waals surface area contributed by atoms with E-state index in [-0.39, 0.29) is 24.0 Å². The predicted molar refractivity (Wildman–Crippen MR) is 151 cm³/mol. The molecule has 2 heterocycles. The van der Waals surface area contributed by atoms with Gasteiger partial charge in [0.2, 0.25) is 0 Å². The first-order valence-corrected chi connectivity index (χ1v) is 12.5. The van der Waals surface area contributed by atoms with Crippen molar-refractivity contribution in [3.05, 3.63) is 71.3 Å². The third kappa shape index (κ3) is 8.83. The number of hydrogen-bond donors (Lipinski definition) is 2. The molecule has 186 valence electrons. The summed E-state index contributed by atoms with van der Waals surface area (Å²) in [6, 6.07) is 20.2. The van der Waals surface area contributed by atoms with Gasteiger partial charge >= 0.3 is 0 Å². The lowest BCUT2D eigenvalue weighted by atomic mass is 10.0. The topological polar surface area (TPSA) is 52.1 Å². The number of morpholine rings is 1. The van der Waals surface area contributed by atoms with Crippen molar-refractivity contribution in [3.8, 4) is 0 Å². The summed E-state index contributed by atoms with van der Waals surface area (Å²) in [5.41, 5.74) is 4.00. The van der Waals surface area contributed by atoms with Gasteiger partial charge in [0.05, 0.1) is 19.8 Å². The average molecular weight is 578 g/mol. The molecule has 2 aliphatic heterocycles. The number of aliphatic imine (C=N–C) groups is 1. The minimum absolute atomic E-state index is 0. The van der Waals surface area contributed by atoms with Crippen LogP contribution in [0.5, 0.6) is 0 Å². The monoisotopic (exact) mass is 577 g/mol. The molecule has 4 rings (SSSR count). The van der Waals surface area contributed by atoms with E-state index in [1.807, 2.05) is 0 Å². The highest BCUT2D eigenvalue weighted by atomic mass is 127. The van der Waals surface area contributed by atoms with Crippen molar-refractivity contribution >= 4 is 29.9 Å². The highest BCUT2D eigenvalue weighted by molar-refractivity contribution is 14.0. The zero-order valence-electron chi connectivity index (χ0n) is 20.4. The van der Waals surface area contributed by atoms with Crippen LogP contribution in [0.1, 0.15) is 36.5 Å². The molecule has 0 aliphatic carbocycles. The van der Waals surface area contributed by atoms with Crippen molar-refractivity contribution in [1.29, 1.82) is 0 Å². The van der Waals surface area contributed by atoms with Crippen molar-refractivity contribution in [2.45, 2.75) is 45.4 Å². The Balaban J connectivity index is 0.00000324. The van der Waals surface area contributed by atoms with Crippen LogP contribution < -0.4 is 10.6 Å². The predicted octanol–water partition coefficient (Wildman–Crippen LogP) is 3.86. The zero-order chi connectivity index (χ0) is 22.7. The molecule has 0 saturated carbocycles. The zero-order valence-corrected chi connectivity index (χ0v) is 22.7. The summed E-state index contributed by atoms with van der Waals surface area (Å²) in [5, 5.41) is 7.09. The van der Waals surface area contributed by atoms with Gasteiger partial charge < -0.3 is 15.4 Å². The van der Waals surface area contributed by atoms with Crippen LogP contribution in [0.2, 0.25) is 0 Å². The highest BCUT2D eigenvalue weighted by Gasteiger charge is 2.20. The van der Waals surface area contributed by atoms with Gasteiger partial charge in [-0.1, -0.05) is 54.6 Å². The third-order valence-electron chi connectivity index (χ3n) is 6.47. The number of likely N-dealkylation sites (tertiary alicyclic amines) is 1. The van der Waals surface area contributed by atoms with Crippen LogP contribution in [-0.4, -0.2) is 67.7 Å². The summed E-state index contributed by atoms with van der Waals surface area (Å²) in [6.45, 7) is 11.7. The number of benzene rings is 2. The van der Waals surface area contributed by atoms with E-state index in [1.54, 1.807) is 0 Å². The van der Waals surface area contributed by atoms with Crippen LogP contribution in [-0.2, 0) is 24.4 Å². The second-order valence-electron chi connectivity index (χ2n) is 9.08. The Kier molecular flexibility index (Phi) is 11.6. The molecule has 6 nitrogen and oxygen atoms in total. The smallest absolute Gasteiger partial charge is 0.191 e. The van der Waals surface area contributed by atoms with E-state index in [1.165, 1.54) is 16.7 Å². The van der Waals surface area contributed by atoms with Crippen LogP contribution in [0, 0.1) is 0 Å². The summed E-state index contributed by atoms with van der Waals surface area (Å²) in [6.07, 6.45) is 2.29. The van der Waals surface area contributed by atoms with Gasteiger partial charge in [0, 0.05) is 51.9 Å². The first kappa shape index (κ1) is 26.9. The Morgan fingerprint density at radius 2 is 1.44 bits per heavy atom. The Morgan fingerprint density at radius 1 is 0.853 bits per heavy atom. The van der Waals surface area contributed by atoms with Crippen LogP contribution in [0.4, 0.5) is 0 Å². The lowest BCUT2D eigenvalue weighted by Gasteiger charge is -2.33. The molecule has 2 aromatic carbocycles. The van der Waals surface area contributed by atoms with Crippen molar-refractivity contribution in [1.82, 2.24) is 20.4 Å². The van der Waals surface area contributed by atoms with Gasteiger partial charge in [0.1, 0.15) is 0 Å². The molecule has 0 bridgehead atoms. The van der Waals surface area contributed by atoms with Crippen LogP contribution in [0.15, 0.2) is 59.6 Å². The van der Waals surface area contributed by atoms with Gasteiger partial charge in [-0.05, 0) is 36.5 Å². The number of hydrogen-bond acceptors (Lipinski definition) is 4. The Morgan fingerprint density at radius 3 is 2.09 bits per heavy atom. The minimum atomic E-state index is 0. The Bertz CT molecular complexity index is 847. The van der Waals surface area contributed by atoms with Gasteiger partial charge in [-0.2, -0.15) is 0 Å². The molecule has 0 unspecified atom stereocenters.